The molecule has 1 aliphatic carbocycles. The van der Waals surface area contributed by atoms with E-state index in [1.165, 1.54) is 6.07 Å². The molecule has 0 radical (unpaired) electrons. The van der Waals surface area contributed by atoms with Gasteiger partial charge in [-0.1, -0.05) is 18.2 Å². The molecule has 2 nitrogen and oxygen atoms in total. The second-order valence-corrected chi connectivity index (χ2v) is 5.33. The Kier molecular flexibility index (Phi) is 4.36. The molecule has 0 saturated heterocycles. The second kappa shape index (κ2) is 5.81. The van der Waals surface area contributed by atoms with Gasteiger partial charge in [0.2, 0.25) is 0 Å². The first-order valence-electron chi connectivity index (χ1n) is 6.74. The maximum absolute atomic E-state index is 13.8. The summed E-state index contributed by atoms with van der Waals surface area (Å²) in [5.41, 5.74) is 0.756. The van der Waals surface area contributed by atoms with Crippen molar-refractivity contribution in [1.82, 2.24) is 4.90 Å². The minimum atomic E-state index is -0.140. The topological polar surface area (TPSA) is 23.5 Å². The Morgan fingerprint density at radius 1 is 1.22 bits per heavy atom. The molecule has 1 N–H and O–H groups in total. The van der Waals surface area contributed by atoms with Gasteiger partial charge in [-0.3, -0.25) is 4.90 Å². The summed E-state index contributed by atoms with van der Waals surface area (Å²) in [5, 5.41) is 9.53. The van der Waals surface area contributed by atoms with Gasteiger partial charge in [-0.05, 0) is 45.7 Å². The van der Waals surface area contributed by atoms with Gasteiger partial charge >= 0.3 is 0 Å². The van der Waals surface area contributed by atoms with Gasteiger partial charge in [-0.25, -0.2) is 4.39 Å². The molecule has 0 bridgehead atoms. The quantitative estimate of drug-likeness (QED) is 0.892. The van der Waals surface area contributed by atoms with E-state index in [0.717, 1.165) is 31.2 Å². The lowest BCUT2D eigenvalue weighted by Gasteiger charge is -2.37. The molecule has 0 amide bonds. The van der Waals surface area contributed by atoms with Gasteiger partial charge in [0.25, 0.3) is 0 Å². The largest absolute Gasteiger partial charge is 0.393 e. The zero-order valence-corrected chi connectivity index (χ0v) is 11.1. The lowest BCUT2D eigenvalue weighted by molar-refractivity contribution is 0.0692. The minimum absolute atomic E-state index is 0.0754. The Labute approximate surface area is 108 Å². The van der Waals surface area contributed by atoms with Crippen molar-refractivity contribution in [2.45, 2.75) is 50.8 Å². The third kappa shape index (κ3) is 2.90. The highest BCUT2D eigenvalue weighted by atomic mass is 19.1. The molecule has 1 unspecified atom stereocenters. The number of hydrogen-bond donors (Lipinski definition) is 1. The average molecular weight is 251 g/mol. The molecule has 3 heteroatoms. The van der Waals surface area contributed by atoms with Crippen molar-refractivity contribution in [3.63, 3.8) is 0 Å². The molecule has 100 valence electrons. The summed E-state index contributed by atoms with van der Waals surface area (Å²) in [6.45, 7) is 2.05. The predicted octanol–water partition coefficient (Wildman–Crippen LogP) is 3.12. The molecule has 1 atom stereocenters. The van der Waals surface area contributed by atoms with E-state index < -0.39 is 0 Å². The standard InChI is InChI=1S/C15H22FNO/c1-11(14-5-3-4-6-15(14)16)17(2)12-7-9-13(18)10-8-12/h3-6,11-13,18H,7-10H2,1-2H3. The molecule has 0 spiro atoms. The predicted molar refractivity (Wildman–Crippen MR) is 70.8 cm³/mol. The fourth-order valence-corrected chi connectivity index (χ4v) is 2.82. The summed E-state index contributed by atoms with van der Waals surface area (Å²) in [5.74, 6) is -0.132. The van der Waals surface area contributed by atoms with Crippen LogP contribution in [0.1, 0.15) is 44.2 Å². The van der Waals surface area contributed by atoms with Crippen LogP contribution < -0.4 is 0 Å². The van der Waals surface area contributed by atoms with E-state index in [-0.39, 0.29) is 18.0 Å². The van der Waals surface area contributed by atoms with Crippen LogP contribution in [-0.2, 0) is 0 Å². The zero-order chi connectivity index (χ0) is 13.1. The summed E-state index contributed by atoms with van der Waals surface area (Å²) in [6, 6.07) is 7.50. The molecule has 0 heterocycles. The van der Waals surface area contributed by atoms with Crippen LogP contribution in [0.2, 0.25) is 0 Å². The highest BCUT2D eigenvalue weighted by Gasteiger charge is 2.26. The van der Waals surface area contributed by atoms with Crippen LogP contribution in [0.15, 0.2) is 24.3 Å². The molecule has 1 aliphatic rings. The summed E-state index contributed by atoms with van der Waals surface area (Å²) < 4.78 is 13.8. The molecule has 1 aromatic rings. The van der Waals surface area contributed by atoms with Gasteiger partial charge < -0.3 is 5.11 Å². The number of rotatable bonds is 3. The Bertz CT molecular complexity index is 388. The summed E-state index contributed by atoms with van der Waals surface area (Å²) in [4.78, 5) is 2.24. The van der Waals surface area contributed by atoms with Gasteiger partial charge in [-0.15, -0.1) is 0 Å². The van der Waals surface area contributed by atoms with Crippen LogP contribution in [-0.4, -0.2) is 29.2 Å². The lowest BCUT2D eigenvalue weighted by atomic mass is 9.91. The van der Waals surface area contributed by atoms with Crippen molar-refractivity contribution >= 4 is 0 Å². The number of aliphatic hydroxyl groups excluding tert-OH is 1. The maximum atomic E-state index is 13.8. The molecule has 18 heavy (non-hydrogen) atoms. The van der Waals surface area contributed by atoms with Crippen molar-refractivity contribution in [3.05, 3.63) is 35.6 Å². The van der Waals surface area contributed by atoms with Crippen molar-refractivity contribution in [2.75, 3.05) is 7.05 Å². The monoisotopic (exact) mass is 251 g/mol. The maximum Gasteiger partial charge on any atom is 0.127 e. The van der Waals surface area contributed by atoms with E-state index in [0.29, 0.717) is 6.04 Å². The van der Waals surface area contributed by atoms with Crippen LogP contribution in [0.3, 0.4) is 0 Å². The van der Waals surface area contributed by atoms with E-state index in [4.69, 9.17) is 0 Å². The third-order valence-electron chi connectivity index (χ3n) is 4.21. The van der Waals surface area contributed by atoms with E-state index in [1.807, 2.05) is 19.1 Å². The number of nitrogens with zero attached hydrogens (tertiary/aromatic N) is 1. The van der Waals surface area contributed by atoms with Gasteiger partial charge in [0.15, 0.2) is 0 Å². The first kappa shape index (κ1) is 13.5. The fourth-order valence-electron chi connectivity index (χ4n) is 2.82. The van der Waals surface area contributed by atoms with Crippen LogP contribution in [0, 0.1) is 5.82 Å². The average Bonchev–Trinajstić information content (AvgIpc) is 2.38. The highest BCUT2D eigenvalue weighted by Crippen LogP contribution is 2.29. The first-order chi connectivity index (χ1) is 8.59. The molecular formula is C15H22FNO. The van der Waals surface area contributed by atoms with Crippen LogP contribution in [0.4, 0.5) is 4.39 Å². The van der Waals surface area contributed by atoms with Crippen LogP contribution in [0.5, 0.6) is 0 Å². The Balaban J connectivity index is 2.05. The van der Waals surface area contributed by atoms with Gasteiger partial charge in [-0.2, -0.15) is 0 Å². The Morgan fingerprint density at radius 2 is 1.83 bits per heavy atom. The second-order valence-electron chi connectivity index (χ2n) is 5.33. The number of aliphatic hydroxyl groups is 1. The normalized spacial score (nSPS) is 26.3. The fraction of sp³-hybridized carbons (Fsp3) is 0.600. The first-order valence-corrected chi connectivity index (χ1v) is 6.74. The van der Waals surface area contributed by atoms with Crippen LogP contribution >= 0.6 is 0 Å². The SMILES string of the molecule is CC(c1ccccc1F)N(C)C1CCC(O)CC1. The number of benzene rings is 1. The zero-order valence-electron chi connectivity index (χ0n) is 11.1. The summed E-state index contributed by atoms with van der Waals surface area (Å²) >= 11 is 0. The summed E-state index contributed by atoms with van der Waals surface area (Å²) in [6.07, 6.45) is 3.57. The van der Waals surface area contributed by atoms with E-state index >= 15 is 0 Å². The van der Waals surface area contributed by atoms with Crippen molar-refractivity contribution < 1.29 is 9.50 Å². The molecule has 1 fully saturated rings. The molecule has 2 rings (SSSR count). The van der Waals surface area contributed by atoms with E-state index in [1.54, 1.807) is 6.07 Å². The molecular weight excluding hydrogens is 229 g/mol. The molecule has 1 aromatic carbocycles. The number of halogens is 1. The Hall–Kier alpha value is -0.930. The van der Waals surface area contributed by atoms with Gasteiger partial charge in [0, 0.05) is 17.6 Å². The van der Waals surface area contributed by atoms with Crippen molar-refractivity contribution in [1.29, 1.82) is 0 Å². The van der Waals surface area contributed by atoms with Gasteiger partial charge in [0.05, 0.1) is 6.10 Å². The van der Waals surface area contributed by atoms with E-state index in [2.05, 4.69) is 11.9 Å². The number of hydrogen-bond acceptors (Lipinski definition) is 2. The molecule has 0 aliphatic heterocycles. The smallest absolute Gasteiger partial charge is 0.127 e. The van der Waals surface area contributed by atoms with Crippen LogP contribution in [0.25, 0.3) is 0 Å². The van der Waals surface area contributed by atoms with Crippen molar-refractivity contribution in [2.24, 2.45) is 0 Å². The highest BCUT2D eigenvalue weighted by molar-refractivity contribution is 5.20. The lowest BCUT2D eigenvalue weighted by Crippen LogP contribution is -2.38. The Morgan fingerprint density at radius 3 is 2.44 bits per heavy atom. The minimum Gasteiger partial charge on any atom is -0.393 e. The summed E-state index contributed by atoms with van der Waals surface area (Å²) in [7, 11) is 2.06. The van der Waals surface area contributed by atoms with Crippen molar-refractivity contribution in [3.8, 4) is 0 Å². The third-order valence-corrected chi connectivity index (χ3v) is 4.21. The van der Waals surface area contributed by atoms with E-state index in [9.17, 15) is 9.50 Å². The molecule has 1 saturated carbocycles. The van der Waals surface area contributed by atoms with Gasteiger partial charge in [0.1, 0.15) is 5.82 Å². The molecule has 0 aromatic heterocycles.